The summed E-state index contributed by atoms with van der Waals surface area (Å²) in [5.74, 6) is 1.14. The van der Waals surface area contributed by atoms with Crippen molar-refractivity contribution in [3.05, 3.63) is 18.2 Å². The Morgan fingerprint density at radius 2 is 1.92 bits per heavy atom. The van der Waals surface area contributed by atoms with E-state index in [4.69, 9.17) is 14.2 Å². The van der Waals surface area contributed by atoms with Crippen molar-refractivity contribution in [1.29, 1.82) is 0 Å². The van der Waals surface area contributed by atoms with E-state index in [1.807, 2.05) is 6.07 Å². The highest BCUT2D eigenvalue weighted by Gasteiger charge is 2.33. The molecule has 8 heteroatoms. The van der Waals surface area contributed by atoms with E-state index in [0.29, 0.717) is 44.3 Å². The Balaban J connectivity index is 1.65. The summed E-state index contributed by atoms with van der Waals surface area (Å²) in [4.78, 5) is 28.0. The third-order valence-corrected chi connectivity index (χ3v) is 4.43. The Labute approximate surface area is 146 Å². The standard InChI is InChI=1S/C17H23N3O5/c1-23-14-4-3-13(10-15(14)24-2)20-11-12(9-16(20)21)18-17(22)19-5-7-25-8-6-19/h3-4,10,12H,5-9,11H2,1-2H3,(H,18,22)/t12-/m1/s1. The summed E-state index contributed by atoms with van der Waals surface area (Å²) in [5, 5.41) is 2.94. The number of benzene rings is 1. The van der Waals surface area contributed by atoms with Gasteiger partial charge in [0.15, 0.2) is 11.5 Å². The number of nitrogens with one attached hydrogen (secondary N) is 1. The number of hydrogen-bond donors (Lipinski definition) is 1. The fourth-order valence-electron chi connectivity index (χ4n) is 3.08. The molecule has 0 spiro atoms. The largest absolute Gasteiger partial charge is 0.493 e. The second-order valence-electron chi connectivity index (χ2n) is 5.99. The van der Waals surface area contributed by atoms with Gasteiger partial charge in [0.2, 0.25) is 5.91 Å². The van der Waals surface area contributed by atoms with Crippen molar-refractivity contribution >= 4 is 17.6 Å². The number of hydrogen-bond acceptors (Lipinski definition) is 5. The van der Waals surface area contributed by atoms with E-state index < -0.39 is 0 Å². The van der Waals surface area contributed by atoms with Gasteiger partial charge in [0.25, 0.3) is 0 Å². The predicted octanol–water partition coefficient (Wildman–Crippen LogP) is 0.851. The van der Waals surface area contributed by atoms with Gasteiger partial charge in [-0.1, -0.05) is 0 Å². The minimum atomic E-state index is -0.212. The Morgan fingerprint density at radius 3 is 2.60 bits per heavy atom. The first-order valence-corrected chi connectivity index (χ1v) is 8.28. The molecule has 2 aliphatic heterocycles. The fourth-order valence-corrected chi connectivity index (χ4v) is 3.08. The molecule has 2 heterocycles. The van der Waals surface area contributed by atoms with Crippen LogP contribution in [0.3, 0.4) is 0 Å². The van der Waals surface area contributed by atoms with E-state index in [1.54, 1.807) is 36.2 Å². The van der Waals surface area contributed by atoms with E-state index >= 15 is 0 Å². The average molecular weight is 349 g/mol. The van der Waals surface area contributed by atoms with Crippen LogP contribution in [0, 0.1) is 0 Å². The number of urea groups is 1. The van der Waals surface area contributed by atoms with E-state index in [9.17, 15) is 9.59 Å². The highest BCUT2D eigenvalue weighted by molar-refractivity contribution is 5.97. The predicted molar refractivity (Wildman–Crippen MR) is 91.2 cm³/mol. The van der Waals surface area contributed by atoms with Crippen LogP contribution in [0.2, 0.25) is 0 Å². The molecule has 0 aliphatic carbocycles. The first-order valence-electron chi connectivity index (χ1n) is 8.28. The molecule has 1 atom stereocenters. The summed E-state index contributed by atoms with van der Waals surface area (Å²) in [6.45, 7) is 2.69. The third kappa shape index (κ3) is 3.79. The number of rotatable bonds is 4. The van der Waals surface area contributed by atoms with Crippen molar-refractivity contribution in [3.8, 4) is 11.5 Å². The maximum absolute atomic E-state index is 12.4. The van der Waals surface area contributed by atoms with Gasteiger partial charge in [0.05, 0.1) is 33.5 Å². The van der Waals surface area contributed by atoms with E-state index in [0.717, 1.165) is 5.69 Å². The third-order valence-electron chi connectivity index (χ3n) is 4.43. The maximum atomic E-state index is 12.4. The Morgan fingerprint density at radius 1 is 1.20 bits per heavy atom. The minimum absolute atomic E-state index is 0.0282. The molecule has 2 fully saturated rings. The molecule has 3 amide bonds. The Bertz CT molecular complexity index is 645. The number of ether oxygens (including phenoxy) is 3. The van der Waals surface area contributed by atoms with E-state index in [-0.39, 0.29) is 24.4 Å². The number of carbonyl (C=O) groups is 2. The topological polar surface area (TPSA) is 80.3 Å². The summed E-state index contributed by atoms with van der Waals surface area (Å²) in [6.07, 6.45) is 0.282. The summed E-state index contributed by atoms with van der Waals surface area (Å²) < 4.78 is 15.8. The van der Waals surface area contributed by atoms with Gasteiger partial charge >= 0.3 is 6.03 Å². The highest BCUT2D eigenvalue weighted by atomic mass is 16.5. The fraction of sp³-hybridized carbons (Fsp3) is 0.529. The molecule has 136 valence electrons. The van der Waals surface area contributed by atoms with Gasteiger partial charge in [-0.3, -0.25) is 4.79 Å². The lowest BCUT2D eigenvalue weighted by Crippen LogP contribution is -2.49. The molecule has 2 aliphatic rings. The summed E-state index contributed by atoms with van der Waals surface area (Å²) in [5.41, 5.74) is 0.728. The number of morpholine rings is 1. The van der Waals surface area contributed by atoms with Crippen LogP contribution in [0.15, 0.2) is 18.2 Å². The quantitative estimate of drug-likeness (QED) is 0.872. The van der Waals surface area contributed by atoms with Gasteiger partial charge in [-0.2, -0.15) is 0 Å². The molecule has 25 heavy (non-hydrogen) atoms. The van der Waals surface area contributed by atoms with Crippen LogP contribution in [-0.2, 0) is 9.53 Å². The SMILES string of the molecule is COc1ccc(N2C[C@H](NC(=O)N3CCOCC3)CC2=O)cc1OC. The minimum Gasteiger partial charge on any atom is -0.493 e. The first-order chi connectivity index (χ1) is 12.1. The molecule has 0 radical (unpaired) electrons. The lowest BCUT2D eigenvalue weighted by molar-refractivity contribution is -0.117. The van der Waals surface area contributed by atoms with Crippen molar-refractivity contribution in [1.82, 2.24) is 10.2 Å². The molecule has 0 bridgehead atoms. The molecule has 0 unspecified atom stereocenters. The number of nitrogens with zero attached hydrogens (tertiary/aromatic N) is 2. The monoisotopic (exact) mass is 349 g/mol. The molecule has 2 saturated heterocycles. The van der Waals surface area contributed by atoms with Crippen LogP contribution in [-0.4, -0.2) is 69.9 Å². The van der Waals surface area contributed by atoms with Crippen LogP contribution in [0.1, 0.15) is 6.42 Å². The van der Waals surface area contributed by atoms with Gasteiger partial charge in [0, 0.05) is 37.8 Å². The second-order valence-corrected chi connectivity index (χ2v) is 5.99. The number of amides is 3. The zero-order chi connectivity index (χ0) is 17.8. The molecule has 8 nitrogen and oxygen atoms in total. The summed E-state index contributed by atoms with van der Waals surface area (Å²) in [7, 11) is 3.12. The van der Waals surface area contributed by atoms with Gasteiger partial charge in [-0.25, -0.2) is 4.79 Å². The van der Waals surface area contributed by atoms with Crippen LogP contribution in [0.4, 0.5) is 10.5 Å². The van der Waals surface area contributed by atoms with Crippen molar-refractivity contribution < 1.29 is 23.8 Å². The average Bonchev–Trinajstić information content (AvgIpc) is 3.01. The van der Waals surface area contributed by atoms with Gasteiger partial charge < -0.3 is 29.3 Å². The van der Waals surface area contributed by atoms with Crippen LogP contribution >= 0.6 is 0 Å². The van der Waals surface area contributed by atoms with Gasteiger partial charge in [-0.05, 0) is 12.1 Å². The molecule has 3 rings (SSSR count). The molecule has 0 aromatic heterocycles. The maximum Gasteiger partial charge on any atom is 0.317 e. The second kappa shape index (κ2) is 7.60. The van der Waals surface area contributed by atoms with Crippen LogP contribution in [0.5, 0.6) is 11.5 Å². The molecule has 0 saturated carbocycles. The Kier molecular flexibility index (Phi) is 5.28. The smallest absolute Gasteiger partial charge is 0.317 e. The van der Waals surface area contributed by atoms with Crippen LogP contribution in [0.25, 0.3) is 0 Å². The lowest BCUT2D eigenvalue weighted by Gasteiger charge is -2.28. The summed E-state index contributed by atoms with van der Waals surface area (Å²) >= 11 is 0. The van der Waals surface area contributed by atoms with Gasteiger partial charge in [-0.15, -0.1) is 0 Å². The molecule has 1 N–H and O–H groups in total. The van der Waals surface area contributed by atoms with Crippen LogP contribution < -0.4 is 19.7 Å². The molecule has 1 aromatic carbocycles. The molecular formula is C17H23N3O5. The first kappa shape index (κ1) is 17.3. The Hall–Kier alpha value is -2.48. The van der Waals surface area contributed by atoms with E-state index in [2.05, 4.69) is 5.32 Å². The van der Waals surface area contributed by atoms with E-state index in [1.165, 1.54) is 0 Å². The van der Waals surface area contributed by atoms with Crippen molar-refractivity contribution in [2.75, 3.05) is 52.0 Å². The lowest BCUT2D eigenvalue weighted by atomic mass is 10.2. The highest BCUT2D eigenvalue weighted by Crippen LogP contribution is 2.33. The number of carbonyl (C=O) groups excluding carboxylic acids is 2. The van der Waals surface area contributed by atoms with Crippen molar-refractivity contribution in [2.45, 2.75) is 12.5 Å². The van der Waals surface area contributed by atoms with Crippen molar-refractivity contribution in [2.24, 2.45) is 0 Å². The molecular weight excluding hydrogens is 326 g/mol. The van der Waals surface area contributed by atoms with Crippen molar-refractivity contribution in [3.63, 3.8) is 0 Å². The number of anilines is 1. The summed E-state index contributed by atoms with van der Waals surface area (Å²) in [6, 6.07) is 4.99. The zero-order valence-corrected chi connectivity index (χ0v) is 14.5. The normalized spacial score (nSPS) is 20.6. The number of methoxy groups -OCH3 is 2. The van der Waals surface area contributed by atoms with Gasteiger partial charge in [0.1, 0.15) is 0 Å². The molecule has 1 aromatic rings. The zero-order valence-electron chi connectivity index (χ0n) is 14.5.